The van der Waals surface area contributed by atoms with Crippen molar-refractivity contribution >= 4 is 17.2 Å². The lowest BCUT2D eigenvalue weighted by Crippen LogP contribution is -2.29. The summed E-state index contributed by atoms with van der Waals surface area (Å²) in [5, 5.41) is 0. The molecule has 14 heavy (non-hydrogen) atoms. The van der Waals surface area contributed by atoms with Crippen molar-refractivity contribution in [3.8, 4) is 0 Å². The van der Waals surface area contributed by atoms with E-state index >= 15 is 0 Å². The van der Waals surface area contributed by atoms with E-state index in [-0.39, 0.29) is 0 Å². The average molecular weight is 207 g/mol. The zero-order valence-electron chi connectivity index (χ0n) is 9.08. The first kappa shape index (κ1) is 11.2. The highest BCUT2D eigenvalue weighted by Gasteiger charge is 2.07. The molecule has 0 saturated heterocycles. The summed E-state index contributed by atoms with van der Waals surface area (Å²) in [5.74, 6) is 0. The van der Waals surface area contributed by atoms with Gasteiger partial charge in [-0.05, 0) is 26.8 Å². The molecule has 2 heteroatoms. The number of rotatable bonds is 3. The lowest BCUT2D eigenvalue weighted by atomic mass is 10.1. The van der Waals surface area contributed by atoms with Gasteiger partial charge in [-0.1, -0.05) is 36.0 Å². The molecule has 0 heterocycles. The largest absolute Gasteiger partial charge is 0.363 e. The SMILES string of the molecule is CCN(CC)C(=S)c1cccc(C)c1. The van der Waals surface area contributed by atoms with Gasteiger partial charge in [0.1, 0.15) is 4.99 Å². The summed E-state index contributed by atoms with van der Waals surface area (Å²) >= 11 is 5.43. The Morgan fingerprint density at radius 3 is 2.43 bits per heavy atom. The maximum atomic E-state index is 5.43. The number of nitrogens with zero attached hydrogens (tertiary/aromatic N) is 1. The van der Waals surface area contributed by atoms with E-state index < -0.39 is 0 Å². The molecule has 0 radical (unpaired) electrons. The monoisotopic (exact) mass is 207 g/mol. The Kier molecular flexibility index (Phi) is 4.08. The van der Waals surface area contributed by atoms with Crippen molar-refractivity contribution in [3.63, 3.8) is 0 Å². The van der Waals surface area contributed by atoms with Crippen molar-refractivity contribution in [1.82, 2.24) is 4.90 Å². The second-order valence-electron chi connectivity index (χ2n) is 3.35. The Bertz CT molecular complexity index is 316. The summed E-state index contributed by atoms with van der Waals surface area (Å²) in [5.41, 5.74) is 2.42. The van der Waals surface area contributed by atoms with Crippen molar-refractivity contribution in [2.45, 2.75) is 20.8 Å². The molecular formula is C12H17NS. The molecular weight excluding hydrogens is 190 g/mol. The van der Waals surface area contributed by atoms with Gasteiger partial charge in [-0.25, -0.2) is 0 Å². The van der Waals surface area contributed by atoms with E-state index in [1.807, 2.05) is 0 Å². The van der Waals surface area contributed by atoms with Gasteiger partial charge in [-0.2, -0.15) is 0 Å². The van der Waals surface area contributed by atoms with Crippen LogP contribution in [-0.4, -0.2) is 23.0 Å². The van der Waals surface area contributed by atoms with Crippen LogP contribution in [0.15, 0.2) is 24.3 Å². The molecule has 1 nitrogen and oxygen atoms in total. The fourth-order valence-electron chi connectivity index (χ4n) is 1.47. The highest BCUT2D eigenvalue weighted by Crippen LogP contribution is 2.08. The molecule has 0 aliphatic carbocycles. The first-order valence-corrected chi connectivity index (χ1v) is 5.45. The number of thiocarbonyl (C=S) groups is 1. The molecule has 0 N–H and O–H groups in total. The van der Waals surface area contributed by atoms with Gasteiger partial charge in [0.05, 0.1) is 0 Å². The highest BCUT2D eigenvalue weighted by atomic mass is 32.1. The van der Waals surface area contributed by atoms with E-state index in [2.05, 4.69) is 49.9 Å². The Morgan fingerprint density at radius 1 is 1.29 bits per heavy atom. The molecule has 0 atom stereocenters. The minimum atomic E-state index is 0.957. The number of hydrogen-bond donors (Lipinski definition) is 0. The van der Waals surface area contributed by atoms with E-state index in [4.69, 9.17) is 12.2 Å². The van der Waals surface area contributed by atoms with Gasteiger partial charge in [0.15, 0.2) is 0 Å². The zero-order valence-corrected chi connectivity index (χ0v) is 9.90. The quantitative estimate of drug-likeness (QED) is 0.701. The standard InChI is InChI=1S/C12H17NS/c1-4-13(5-2)12(14)11-8-6-7-10(3)9-11/h6-9H,4-5H2,1-3H3. The van der Waals surface area contributed by atoms with E-state index in [0.29, 0.717) is 0 Å². The molecule has 0 aliphatic heterocycles. The van der Waals surface area contributed by atoms with Crippen LogP contribution in [-0.2, 0) is 0 Å². The zero-order chi connectivity index (χ0) is 10.6. The minimum absolute atomic E-state index is 0.957. The van der Waals surface area contributed by atoms with Crippen LogP contribution in [0.5, 0.6) is 0 Å². The second kappa shape index (κ2) is 5.11. The summed E-state index contributed by atoms with van der Waals surface area (Å²) in [6.07, 6.45) is 0. The second-order valence-corrected chi connectivity index (χ2v) is 3.73. The first-order valence-electron chi connectivity index (χ1n) is 5.05. The van der Waals surface area contributed by atoms with E-state index in [1.54, 1.807) is 0 Å². The van der Waals surface area contributed by atoms with Gasteiger partial charge in [-0.15, -0.1) is 0 Å². The Hall–Kier alpha value is -0.890. The molecule has 0 aromatic heterocycles. The van der Waals surface area contributed by atoms with Gasteiger partial charge >= 0.3 is 0 Å². The van der Waals surface area contributed by atoms with Gasteiger partial charge in [-0.3, -0.25) is 0 Å². The van der Waals surface area contributed by atoms with Crippen molar-refractivity contribution in [3.05, 3.63) is 35.4 Å². The molecule has 0 bridgehead atoms. The lowest BCUT2D eigenvalue weighted by Gasteiger charge is -2.21. The topological polar surface area (TPSA) is 3.24 Å². The van der Waals surface area contributed by atoms with Crippen LogP contribution in [0.1, 0.15) is 25.0 Å². The van der Waals surface area contributed by atoms with Crippen molar-refractivity contribution < 1.29 is 0 Å². The van der Waals surface area contributed by atoms with Crippen molar-refractivity contribution in [2.75, 3.05) is 13.1 Å². The van der Waals surface area contributed by atoms with E-state index in [9.17, 15) is 0 Å². The third kappa shape index (κ3) is 2.55. The summed E-state index contributed by atoms with van der Waals surface area (Å²) in [4.78, 5) is 3.16. The Balaban J connectivity index is 2.88. The molecule has 0 spiro atoms. The maximum absolute atomic E-state index is 5.43. The fraction of sp³-hybridized carbons (Fsp3) is 0.417. The van der Waals surface area contributed by atoms with Crippen LogP contribution < -0.4 is 0 Å². The molecule has 0 saturated carbocycles. The molecule has 0 amide bonds. The lowest BCUT2D eigenvalue weighted by molar-refractivity contribution is 0.475. The molecule has 1 aromatic rings. The molecule has 0 aliphatic rings. The van der Waals surface area contributed by atoms with Gasteiger partial charge in [0.25, 0.3) is 0 Å². The van der Waals surface area contributed by atoms with Crippen LogP contribution >= 0.6 is 12.2 Å². The van der Waals surface area contributed by atoms with Crippen LogP contribution in [0, 0.1) is 6.92 Å². The normalized spacial score (nSPS) is 9.93. The van der Waals surface area contributed by atoms with E-state index in [0.717, 1.165) is 23.6 Å². The molecule has 1 aromatic carbocycles. The van der Waals surface area contributed by atoms with E-state index in [1.165, 1.54) is 5.56 Å². The molecule has 1 rings (SSSR count). The Labute approximate surface area is 91.7 Å². The summed E-state index contributed by atoms with van der Waals surface area (Å²) in [6.45, 7) is 8.30. The van der Waals surface area contributed by atoms with Crippen LogP contribution in [0.4, 0.5) is 0 Å². The van der Waals surface area contributed by atoms with Gasteiger partial charge in [0.2, 0.25) is 0 Å². The average Bonchev–Trinajstić information content (AvgIpc) is 2.19. The summed E-state index contributed by atoms with van der Waals surface area (Å²) < 4.78 is 0. The number of hydrogen-bond acceptors (Lipinski definition) is 1. The first-order chi connectivity index (χ1) is 6.69. The highest BCUT2D eigenvalue weighted by molar-refractivity contribution is 7.80. The molecule has 0 unspecified atom stereocenters. The Morgan fingerprint density at radius 2 is 1.93 bits per heavy atom. The van der Waals surface area contributed by atoms with Crippen LogP contribution in [0.2, 0.25) is 0 Å². The van der Waals surface area contributed by atoms with Crippen molar-refractivity contribution in [2.24, 2.45) is 0 Å². The number of benzene rings is 1. The smallest absolute Gasteiger partial charge is 0.109 e. The maximum Gasteiger partial charge on any atom is 0.109 e. The van der Waals surface area contributed by atoms with Crippen molar-refractivity contribution in [1.29, 1.82) is 0 Å². The fourth-order valence-corrected chi connectivity index (χ4v) is 1.86. The predicted molar refractivity (Wildman–Crippen MR) is 65.8 cm³/mol. The molecule has 0 fully saturated rings. The van der Waals surface area contributed by atoms with Gasteiger partial charge in [0, 0.05) is 18.7 Å². The van der Waals surface area contributed by atoms with Gasteiger partial charge < -0.3 is 4.90 Å². The third-order valence-corrected chi connectivity index (χ3v) is 2.81. The van der Waals surface area contributed by atoms with Crippen LogP contribution in [0.25, 0.3) is 0 Å². The number of aryl methyl sites for hydroxylation is 1. The predicted octanol–water partition coefficient (Wildman–Crippen LogP) is 3.01. The summed E-state index contributed by atoms with van der Waals surface area (Å²) in [6, 6.07) is 8.36. The molecule has 76 valence electrons. The summed E-state index contributed by atoms with van der Waals surface area (Å²) in [7, 11) is 0. The third-order valence-electron chi connectivity index (χ3n) is 2.32. The minimum Gasteiger partial charge on any atom is -0.363 e. The van der Waals surface area contributed by atoms with Crippen LogP contribution in [0.3, 0.4) is 0 Å².